The van der Waals surface area contributed by atoms with Crippen molar-refractivity contribution in [2.45, 2.75) is 63.6 Å². The fourth-order valence-electron chi connectivity index (χ4n) is 5.39. The Balaban J connectivity index is 1.59. The van der Waals surface area contributed by atoms with Gasteiger partial charge in [0.25, 0.3) is 0 Å². The molecule has 2 amide bonds. The van der Waals surface area contributed by atoms with Gasteiger partial charge in [0.2, 0.25) is 21.8 Å². The minimum absolute atomic E-state index is 0.0507. The standard InChI is InChI=1S/C32H37Cl2N3O4S/c1-42(40,41)37(29-17-8-14-27(34)22-29)19-9-18-31(38)36(23-25-12-7-13-26(33)20-25)30(21-24-10-3-2-4-11-24)32(39)35-28-15-5-6-16-28/h2-4,7-8,10-14,17,20,22,28,30H,5-6,9,15-16,18-19,21,23H2,1H3,(H,35,39). The third-order valence-electron chi connectivity index (χ3n) is 7.46. The number of halogens is 2. The minimum Gasteiger partial charge on any atom is -0.352 e. The van der Waals surface area contributed by atoms with Crippen molar-refractivity contribution in [2.24, 2.45) is 0 Å². The molecular weight excluding hydrogens is 593 g/mol. The third kappa shape index (κ3) is 9.21. The molecule has 224 valence electrons. The molecule has 7 nitrogen and oxygen atoms in total. The van der Waals surface area contributed by atoms with Crippen molar-refractivity contribution >= 4 is 50.7 Å². The van der Waals surface area contributed by atoms with Gasteiger partial charge >= 0.3 is 0 Å². The van der Waals surface area contributed by atoms with Gasteiger partial charge in [0.05, 0.1) is 11.9 Å². The molecule has 0 saturated heterocycles. The maximum absolute atomic E-state index is 14.0. The molecule has 3 aromatic carbocycles. The number of hydrogen-bond donors (Lipinski definition) is 1. The zero-order chi connectivity index (χ0) is 30.1. The highest BCUT2D eigenvalue weighted by Crippen LogP contribution is 2.24. The Kier molecular flexibility index (Phi) is 11.3. The van der Waals surface area contributed by atoms with Crippen LogP contribution in [0, 0.1) is 0 Å². The average molecular weight is 631 g/mol. The van der Waals surface area contributed by atoms with Gasteiger partial charge in [0.15, 0.2) is 0 Å². The van der Waals surface area contributed by atoms with Gasteiger partial charge in [-0.3, -0.25) is 13.9 Å². The van der Waals surface area contributed by atoms with E-state index in [-0.39, 0.29) is 43.8 Å². The van der Waals surface area contributed by atoms with E-state index < -0.39 is 16.1 Å². The minimum atomic E-state index is -3.62. The van der Waals surface area contributed by atoms with Gasteiger partial charge in [-0.05, 0) is 60.7 Å². The summed E-state index contributed by atoms with van der Waals surface area (Å²) in [5, 5.41) is 4.15. The van der Waals surface area contributed by atoms with Crippen molar-refractivity contribution in [1.29, 1.82) is 0 Å². The summed E-state index contributed by atoms with van der Waals surface area (Å²) in [5.41, 5.74) is 2.18. The number of rotatable bonds is 13. The first kappa shape index (κ1) is 31.9. The van der Waals surface area contributed by atoms with Gasteiger partial charge in [-0.1, -0.05) is 84.6 Å². The van der Waals surface area contributed by atoms with Gasteiger partial charge < -0.3 is 10.2 Å². The Morgan fingerprint density at radius 1 is 0.905 bits per heavy atom. The lowest BCUT2D eigenvalue weighted by Crippen LogP contribution is -2.52. The normalized spacial score (nSPS) is 14.4. The first-order chi connectivity index (χ1) is 20.1. The summed E-state index contributed by atoms with van der Waals surface area (Å²) in [5.74, 6) is -0.421. The number of amides is 2. The first-order valence-corrected chi connectivity index (χ1v) is 16.8. The zero-order valence-corrected chi connectivity index (χ0v) is 26.0. The molecule has 42 heavy (non-hydrogen) atoms. The molecule has 1 atom stereocenters. The molecule has 0 aromatic heterocycles. The highest BCUT2D eigenvalue weighted by Gasteiger charge is 2.32. The van der Waals surface area contributed by atoms with Crippen LogP contribution in [0.4, 0.5) is 5.69 Å². The third-order valence-corrected chi connectivity index (χ3v) is 9.13. The molecule has 1 unspecified atom stereocenters. The smallest absolute Gasteiger partial charge is 0.243 e. The summed E-state index contributed by atoms with van der Waals surface area (Å²) in [6, 6.07) is 22.9. The van der Waals surface area contributed by atoms with E-state index in [0.29, 0.717) is 22.2 Å². The molecule has 0 spiro atoms. The van der Waals surface area contributed by atoms with Crippen LogP contribution in [0.1, 0.15) is 49.7 Å². The Morgan fingerprint density at radius 3 is 2.19 bits per heavy atom. The van der Waals surface area contributed by atoms with Crippen molar-refractivity contribution in [1.82, 2.24) is 10.2 Å². The predicted molar refractivity (Wildman–Crippen MR) is 169 cm³/mol. The van der Waals surface area contributed by atoms with Crippen LogP contribution in [0.25, 0.3) is 0 Å². The van der Waals surface area contributed by atoms with E-state index in [1.807, 2.05) is 42.5 Å². The number of anilines is 1. The van der Waals surface area contributed by atoms with Crippen molar-refractivity contribution in [3.05, 3.63) is 100 Å². The quantitative estimate of drug-likeness (QED) is 0.242. The number of nitrogens with zero attached hydrogens (tertiary/aromatic N) is 2. The van der Waals surface area contributed by atoms with Crippen LogP contribution in [-0.2, 0) is 32.6 Å². The Labute approximate surface area is 258 Å². The second-order valence-electron chi connectivity index (χ2n) is 10.8. The largest absolute Gasteiger partial charge is 0.352 e. The second kappa shape index (κ2) is 14.9. The number of nitrogens with one attached hydrogen (secondary N) is 1. The van der Waals surface area contributed by atoms with E-state index in [2.05, 4.69) is 5.32 Å². The molecule has 0 radical (unpaired) electrons. The zero-order valence-electron chi connectivity index (χ0n) is 23.7. The summed E-state index contributed by atoms with van der Waals surface area (Å²) in [4.78, 5) is 29.4. The van der Waals surface area contributed by atoms with Crippen molar-refractivity contribution in [3.8, 4) is 0 Å². The fourth-order valence-corrected chi connectivity index (χ4v) is 6.74. The molecule has 1 N–H and O–H groups in total. The SMILES string of the molecule is CS(=O)(=O)N(CCCC(=O)N(Cc1cccc(Cl)c1)C(Cc1ccccc1)C(=O)NC1CCCC1)c1cccc(Cl)c1. The molecule has 0 bridgehead atoms. The van der Waals surface area contributed by atoms with Gasteiger partial charge in [-0.15, -0.1) is 0 Å². The monoisotopic (exact) mass is 629 g/mol. The van der Waals surface area contributed by atoms with Crippen molar-refractivity contribution in [2.75, 3.05) is 17.1 Å². The second-order valence-corrected chi connectivity index (χ2v) is 13.5. The maximum Gasteiger partial charge on any atom is 0.243 e. The molecule has 1 aliphatic carbocycles. The van der Waals surface area contributed by atoms with Crippen LogP contribution in [0.2, 0.25) is 10.0 Å². The number of hydrogen-bond acceptors (Lipinski definition) is 4. The molecule has 1 aliphatic rings. The van der Waals surface area contributed by atoms with Crippen LogP contribution in [0.15, 0.2) is 78.9 Å². The molecule has 0 aliphatic heterocycles. The lowest BCUT2D eigenvalue weighted by atomic mass is 10.0. The highest BCUT2D eigenvalue weighted by molar-refractivity contribution is 7.92. The Bertz CT molecular complexity index is 1460. The molecule has 0 heterocycles. The van der Waals surface area contributed by atoms with E-state index in [4.69, 9.17) is 23.2 Å². The number of sulfonamides is 1. The summed E-state index contributed by atoms with van der Waals surface area (Å²) in [7, 11) is -3.62. The summed E-state index contributed by atoms with van der Waals surface area (Å²) < 4.78 is 26.5. The summed E-state index contributed by atoms with van der Waals surface area (Å²) in [6.07, 6.45) is 5.79. The summed E-state index contributed by atoms with van der Waals surface area (Å²) >= 11 is 12.4. The van der Waals surface area contributed by atoms with Gasteiger partial charge in [-0.2, -0.15) is 0 Å². The predicted octanol–water partition coefficient (Wildman–Crippen LogP) is 6.24. The molecule has 10 heteroatoms. The van der Waals surface area contributed by atoms with Crippen LogP contribution in [0.5, 0.6) is 0 Å². The first-order valence-electron chi connectivity index (χ1n) is 14.2. The Morgan fingerprint density at radius 2 is 1.55 bits per heavy atom. The highest BCUT2D eigenvalue weighted by atomic mass is 35.5. The van der Waals surface area contributed by atoms with Crippen LogP contribution < -0.4 is 9.62 Å². The molecule has 3 aromatic rings. The number of carbonyl (C=O) groups excluding carboxylic acids is 2. The maximum atomic E-state index is 14.0. The number of benzene rings is 3. The lowest BCUT2D eigenvalue weighted by molar-refractivity contribution is -0.141. The Hall–Kier alpha value is -3.07. The van der Waals surface area contributed by atoms with Crippen LogP contribution >= 0.6 is 23.2 Å². The van der Waals surface area contributed by atoms with Gasteiger partial charge in [0.1, 0.15) is 6.04 Å². The van der Waals surface area contributed by atoms with Gasteiger partial charge in [-0.25, -0.2) is 8.42 Å². The fraction of sp³-hybridized carbons (Fsp3) is 0.375. The average Bonchev–Trinajstić information content (AvgIpc) is 3.46. The van der Waals surface area contributed by atoms with Crippen molar-refractivity contribution in [3.63, 3.8) is 0 Å². The van der Waals surface area contributed by atoms with Crippen LogP contribution in [0.3, 0.4) is 0 Å². The van der Waals surface area contributed by atoms with Crippen molar-refractivity contribution < 1.29 is 18.0 Å². The van der Waals surface area contributed by atoms with E-state index in [1.165, 1.54) is 4.31 Å². The molecular formula is C32H37Cl2N3O4S. The molecule has 1 saturated carbocycles. The van der Waals surface area contributed by atoms with E-state index in [9.17, 15) is 18.0 Å². The number of carbonyl (C=O) groups is 2. The van der Waals surface area contributed by atoms with Gasteiger partial charge in [0, 0.05) is 42.0 Å². The summed E-state index contributed by atoms with van der Waals surface area (Å²) in [6.45, 7) is 0.284. The topological polar surface area (TPSA) is 86.8 Å². The lowest BCUT2D eigenvalue weighted by Gasteiger charge is -2.33. The van der Waals surface area contributed by atoms with E-state index >= 15 is 0 Å². The van der Waals surface area contributed by atoms with E-state index in [0.717, 1.165) is 43.1 Å². The molecule has 4 rings (SSSR count). The molecule has 1 fully saturated rings. The van der Waals surface area contributed by atoms with E-state index in [1.54, 1.807) is 41.3 Å². The van der Waals surface area contributed by atoms with Crippen LogP contribution in [-0.4, -0.2) is 50.0 Å².